The van der Waals surface area contributed by atoms with E-state index in [0.29, 0.717) is 0 Å². The smallest absolute Gasteiger partial charge is 0.0796 e. The summed E-state index contributed by atoms with van der Waals surface area (Å²) >= 11 is 0. The van der Waals surface area contributed by atoms with Crippen molar-refractivity contribution < 1.29 is 5.11 Å². The van der Waals surface area contributed by atoms with Gasteiger partial charge in [0, 0.05) is 0 Å². The molecule has 0 amide bonds. The SMILES string of the molecule is CCCCCCCCCC(O)c1[c]cccc1. The van der Waals surface area contributed by atoms with Gasteiger partial charge in [-0.15, -0.1) is 0 Å². The Labute approximate surface area is 106 Å². The number of hydrogen-bond donors (Lipinski definition) is 1. The summed E-state index contributed by atoms with van der Waals surface area (Å²) in [5, 5.41) is 9.93. The lowest BCUT2D eigenvalue weighted by Gasteiger charge is -2.10. The van der Waals surface area contributed by atoms with Crippen LogP contribution < -0.4 is 0 Å². The Bertz CT molecular complexity index is 268. The van der Waals surface area contributed by atoms with E-state index in [-0.39, 0.29) is 6.10 Å². The zero-order valence-electron chi connectivity index (χ0n) is 11.0. The summed E-state index contributed by atoms with van der Waals surface area (Å²) < 4.78 is 0. The molecule has 1 heteroatoms. The van der Waals surface area contributed by atoms with Crippen molar-refractivity contribution in [3.05, 3.63) is 35.9 Å². The lowest BCUT2D eigenvalue weighted by atomic mass is 10.0. The highest BCUT2D eigenvalue weighted by atomic mass is 16.3. The molecule has 1 radical (unpaired) electrons. The lowest BCUT2D eigenvalue weighted by molar-refractivity contribution is 0.163. The molecule has 0 aliphatic carbocycles. The Morgan fingerprint density at radius 1 is 1.06 bits per heavy atom. The topological polar surface area (TPSA) is 20.2 Å². The molecule has 17 heavy (non-hydrogen) atoms. The van der Waals surface area contributed by atoms with E-state index in [1.165, 1.54) is 38.5 Å². The maximum Gasteiger partial charge on any atom is 0.0796 e. The number of unbranched alkanes of at least 4 members (excludes halogenated alkanes) is 6. The zero-order chi connectivity index (χ0) is 12.3. The Balaban J connectivity index is 2.03. The van der Waals surface area contributed by atoms with E-state index in [9.17, 15) is 5.11 Å². The van der Waals surface area contributed by atoms with Crippen molar-refractivity contribution in [1.29, 1.82) is 0 Å². The normalized spacial score (nSPS) is 12.6. The van der Waals surface area contributed by atoms with Gasteiger partial charge < -0.3 is 5.11 Å². The third kappa shape index (κ3) is 6.48. The number of aliphatic hydroxyl groups excluding tert-OH is 1. The molecule has 95 valence electrons. The minimum absolute atomic E-state index is 0.327. The molecule has 1 nitrogen and oxygen atoms in total. The van der Waals surface area contributed by atoms with E-state index in [1.54, 1.807) is 0 Å². The fourth-order valence-corrected chi connectivity index (χ4v) is 2.06. The lowest BCUT2D eigenvalue weighted by Crippen LogP contribution is -1.97. The molecule has 1 aromatic carbocycles. The largest absolute Gasteiger partial charge is 0.388 e. The third-order valence-corrected chi connectivity index (χ3v) is 3.17. The Kier molecular flexibility index (Phi) is 7.74. The van der Waals surface area contributed by atoms with Crippen molar-refractivity contribution in [2.45, 2.75) is 64.4 Å². The molecule has 0 aromatic heterocycles. The molecule has 0 heterocycles. The van der Waals surface area contributed by atoms with Gasteiger partial charge in [-0.25, -0.2) is 0 Å². The van der Waals surface area contributed by atoms with E-state index in [0.717, 1.165) is 18.4 Å². The van der Waals surface area contributed by atoms with E-state index in [2.05, 4.69) is 13.0 Å². The van der Waals surface area contributed by atoms with Crippen molar-refractivity contribution in [3.8, 4) is 0 Å². The second-order valence-corrected chi connectivity index (χ2v) is 4.74. The van der Waals surface area contributed by atoms with Crippen LogP contribution >= 0.6 is 0 Å². The van der Waals surface area contributed by atoms with Crippen molar-refractivity contribution in [3.63, 3.8) is 0 Å². The van der Waals surface area contributed by atoms with Crippen LogP contribution in [0.4, 0.5) is 0 Å². The van der Waals surface area contributed by atoms with Crippen molar-refractivity contribution in [2.24, 2.45) is 0 Å². The fraction of sp³-hybridized carbons (Fsp3) is 0.625. The first kappa shape index (κ1) is 14.2. The molecular weight excluding hydrogens is 208 g/mol. The van der Waals surface area contributed by atoms with Gasteiger partial charge in [0.1, 0.15) is 0 Å². The quantitative estimate of drug-likeness (QED) is 0.615. The van der Waals surface area contributed by atoms with E-state index < -0.39 is 0 Å². The third-order valence-electron chi connectivity index (χ3n) is 3.17. The van der Waals surface area contributed by atoms with Gasteiger partial charge in [-0.3, -0.25) is 0 Å². The van der Waals surface area contributed by atoms with Crippen LogP contribution in [-0.4, -0.2) is 5.11 Å². The molecule has 1 atom stereocenters. The van der Waals surface area contributed by atoms with Gasteiger partial charge in [0.15, 0.2) is 0 Å². The van der Waals surface area contributed by atoms with Gasteiger partial charge in [0.25, 0.3) is 0 Å². The molecule has 1 unspecified atom stereocenters. The van der Waals surface area contributed by atoms with E-state index in [1.807, 2.05) is 24.3 Å². The van der Waals surface area contributed by atoms with Crippen LogP contribution in [0.5, 0.6) is 0 Å². The average Bonchev–Trinajstić information content (AvgIpc) is 2.38. The van der Waals surface area contributed by atoms with Crippen LogP contribution in [0.1, 0.15) is 70.0 Å². The standard InChI is InChI=1S/C16H25O/c1-2-3-4-5-6-7-11-14-16(17)15-12-9-8-10-13-15/h8-10,12,16-17H,2-7,11,14H2,1H3. The van der Waals surface area contributed by atoms with Crippen LogP contribution in [-0.2, 0) is 0 Å². The molecule has 0 saturated carbocycles. The minimum atomic E-state index is -0.327. The summed E-state index contributed by atoms with van der Waals surface area (Å²) in [5.74, 6) is 0. The molecular formula is C16H25O. The summed E-state index contributed by atoms with van der Waals surface area (Å²) in [7, 11) is 0. The second-order valence-electron chi connectivity index (χ2n) is 4.74. The second kappa shape index (κ2) is 9.23. The van der Waals surface area contributed by atoms with Gasteiger partial charge in [-0.1, -0.05) is 76.1 Å². The zero-order valence-corrected chi connectivity index (χ0v) is 11.0. The van der Waals surface area contributed by atoms with Crippen molar-refractivity contribution >= 4 is 0 Å². The van der Waals surface area contributed by atoms with Crippen LogP contribution in [0.15, 0.2) is 24.3 Å². The van der Waals surface area contributed by atoms with Crippen LogP contribution in [0.25, 0.3) is 0 Å². The Morgan fingerprint density at radius 2 is 1.76 bits per heavy atom. The van der Waals surface area contributed by atoms with Gasteiger partial charge in [0.2, 0.25) is 0 Å². The average molecular weight is 233 g/mol. The number of hydrogen-bond acceptors (Lipinski definition) is 1. The Morgan fingerprint density at radius 3 is 2.41 bits per heavy atom. The first-order valence-corrected chi connectivity index (χ1v) is 6.99. The van der Waals surface area contributed by atoms with E-state index in [4.69, 9.17) is 0 Å². The summed E-state index contributed by atoms with van der Waals surface area (Å²) in [4.78, 5) is 0. The highest BCUT2D eigenvalue weighted by Crippen LogP contribution is 2.19. The summed E-state index contributed by atoms with van der Waals surface area (Å²) in [6.07, 6.45) is 9.60. The summed E-state index contributed by atoms with van der Waals surface area (Å²) in [6.45, 7) is 2.24. The predicted octanol–water partition coefficient (Wildman–Crippen LogP) is 4.66. The van der Waals surface area contributed by atoms with Gasteiger partial charge >= 0.3 is 0 Å². The molecule has 0 saturated heterocycles. The maximum absolute atomic E-state index is 9.93. The predicted molar refractivity (Wildman–Crippen MR) is 72.8 cm³/mol. The summed E-state index contributed by atoms with van der Waals surface area (Å²) in [6, 6.07) is 10.8. The highest BCUT2D eigenvalue weighted by molar-refractivity contribution is 5.15. The van der Waals surface area contributed by atoms with E-state index >= 15 is 0 Å². The van der Waals surface area contributed by atoms with Gasteiger partial charge in [-0.05, 0) is 18.1 Å². The van der Waals surface area contributed by atoms with Crippen molar-refractivity contribution in [2.75, 3.05) is 0 Å². The maximum atomic E-state index is 9.93. The molecule has 0 aliphatic rings. The van der Waals surface area contributed by atoms with Gasteiger partial charge in [-0.2, -0.15) is 0 Å². The fourth-order valence-electron chi connectivity index (χ4n) is 2.06. The first-order valence-electron chi connectivity index (χ1n) is 6.99. The number of aliphatic hydroxyl groups is 1. The molecule has 0 fully saturated rings. The monoisotopic (exact) mass is 233 g/mol. The minimum Gasteiger partial charge on any atom is -0.388 e. The first-order chi connectivity index (χ1) is 8.34. The summed E-state index contributed by atoms with van der Waals surface area (Å²) in [5.41, 5.74) is 0.929. The highest BCUT2D eigenvalue weighted by Gasteiger charge is 2.05. The van der Waals surface area contributed by atoms with Crippen LogP contribution in [0, 0.1) is 6.07 Å². The van der Waals surface area contributed by atoms with Crippen LogP contribution in [0.3, 0.4) is 0 Å². The molecule has 1 rings (SSSR count). The number of benzene rings is 1. The van der Waals surface area contributed by atoms with Crippen molar-refractivity contribution in [1.82, 2.24) is 0 Å². The molecule has 1 aromatic rings. The molecule has 0 aliphatic heterocycles. The molecule has 0 bridgehead atoms. The molecule has 1 N–H and O–H groups in total. The van der Waals surface area contributed by atoms with Gasteiger partial charge in [0.05, 0.1) is 6.10 Å². The number of rotatable bonds is 9. The molecule has 0 spiro atoms. The van der Waals surface area contributed by atoms with Crippen LogP contribution in [0.2, 0.25) is 0 Å². The Hall–Kier alpha value is -0.820.